The van der Waals surface area contributed by atoms with E-state index in [1.54, 1.807) is 0 Å². The van der Waals surface area contributed by atoms with Crippen LogP contribution in [-0.2, 0) is 0 Å². The number of nitrogens with one attached hydrogen (secondary N) is 1. The van der Waals surface area contributed by atoms with Crippen LogP contribution in [0.15, 0.2) is 0 Å². The summed E-state index contributed by atoms with van der Waals surface area (Å²) in [6, 6.07) is 0.698. The van der Waals surface area contributed by atoms with Crippen molar-refractivity contribution in [1.29, 1.82) is 0 Å². The van der Waals surface area contributed by atoms with Gasteiger partial charge in [0.1, 0.15) is 0 Å². The van der Waals surface area contributed by atoms with Gasteiger partial charge in [0.15, 0.2) is 0 Å². The van der Waals surface area contributed by atoms with E-state index in [1.807, 2.05) is 0 Å². The standard InChI is InChI=1S/C16H34N4O/c1-3-20(4-2)16-13-17-6-5-15(16)14-19-9-7-18(8-10-19)11-12-21/h15-17,21H,3-14H2,1-2H3. The summed E-state index contributed by atoms with van der Waals surface area (Å²) in [6.07, 6.45) is 1.30. The van der Waals surface area contributed by atoms with Crippen LogP contribution in [-0.4, -0.2) is 97.9 Å². The molecule has 0 aromatic rings. The Morgan fingerprint density at radius 2 is 1.76 bits per heavy atom. The number of aliphatic hydroxyl groups is 1. The topological polar surface area (TPSA) is 42.0 Å². The normalized spacial score (nSPS) is 29.1. The molecule has 0 saturated carbocycles. The van der Waals surface area contributed by atoms with Crippen LogP contribution in [0, 0.1) is 5.92 Å². The summed E-state index contributed by atoms with van der Waals surface area (Å²) in [7, 11) is 0. The maximum Gasteiger partial charge on any atom is 0.0558 e. The molecule has 0 aliphatic carbocycles. The molecular weight excluding hydrogens is 264 g/mol. The molecule has 0 bridgehead atoms. The molecule has 0 amide bonds. The molecule has 0 aromatic heterocycles. The monoisotopic (exact) mass is 298 g/mol. The maximum atomic E-state index is 9.03. The Kier molecular flexibility index (Phi) is 7.40. The van der Waals surface area contributed by atoms with E-state index in [1.165, 1.54) is 19.5 Å². The van der Waals surface area contributed by atoms with Gasteiger partial charge in [-0.15, -0.1) is 0 Å². The highest BCUT2D eigenvalue weighted by Crippen LogP contribution is 2.20. The molecule has 0 spiro atoms. The van der Waals surface area contributed by atoms with Crippen LogP contribution >= 0.6 is 0 Å². The van der Waals surface area contributed by atoms with Gasteiger partial charge in [0.05, 0.1) is 6.61 Å². The van der Waals surface area contributed by atoms with Crippen LogP contribution in [0.5, 0.6) is 0 Å². The van der Waals surface area contributed by atoms with Crippen LogP contribution < -0.4 is 5.32 Å². The van der Waals surface area contributed by atoms with Crippen LogP contribution in [0.3, 0.4) is 0 Å². The van der Waals surface area contributed by atoms with Gasteiger partial charge in [-0.2, -0.15) is 0 Å². The van der Waals surface area contributed by atoms with E-state index in [2.05, 4.69) is 33.9 Å². The Labute approximate surface area is 130 Å². The summed E-state index contributed by atoms with van der Waals surface area (Å²) in [5, 5.41) is 12.6. The minimum atomic E-state index is 0.290. The molecule has 2 saturated heterocycles. The van der Waals surface area contributed by atoms with Crippen molar-refractivity contribution in [3.63, 3.8) is 0 Å². The second-order valence-corrected chi connectivity index (χ2v) is 6.41. The average molecular weight is 298 g/mol. The van der Waals surface area contributed by atoms with E-state index in [9.17, 15) is 0 Å². The average Bonchev–Trinajstić information content (AvgIpc) is 2.52. The van der Waals surface area contributed by atoms with Gasteiger partial charge in [0.25, 0.3) is 0 Å². The van der Waals surface area contributed by atoms with Crippen molar-refractivity contribution in [2.24, 2.45) is 5.92 Å². The first-order valence-electron chi connectivity index (χ1n) is 8.78. The zero-order valence-corrected chi connectivity index (χ0v) is 13.9. The fourth-order valence-electron chi connectivity index (χ4n) is 3.90. The fraction of sp³-hybridized carbons (Fsp3) is 1.00. The van der Waals surface area contributed by atoms with E-state index in [0.717, 1.165) is 58.3 Å². The van der Waals surface area contributed by atoms with Gasteiger partial charge in [-0.25, -0.2) is 0 Å². The van der Waals surface area contributed by atoms with Crippen molar-refractivity contribution in [2.45, 2.75) is 26.3 Å². The molecule has 2 rings (SSSR count). The summed E-state index contributed by atoms with van der Waals surface area (Å²) in [5.41, 5.74) is 0. The molecule has 21 heavy (non-hydrogen) atoms. The van der Waals surface area contributed by atoms with E-state index < -0.39 is 0 Å². The first-order valence-corrected chi connectivity index (χ1v) is 8.78. The lowest BCUT2D eigenvalue weighted by Gasteiger charge is -2.43. The fourth-order valence-corrected chi connectivity index (χ4v) is 3.90. The quantitative estimate of drug-likeness (QED) is 0.688. The second-order valence-electron chi connectivity index (χ2n) is 6.41. The summed E-state index contributed by atoms with van der Waals surface area (Å²) < 4.78 is 0. The number of piperidine rings is 1. The number of likely N-dealkylation sites (N-methyl/N-ethyl adjacent to an activating group) is 1. The van der Waals surface area contributed by atoms with Crippen molar-refractivity contribution in [3.05, 3.63) is 0 Å². The minimum absolute atomic E-state index is 0.290. The number of rotatable bonds is 7. The van der Waals surface area contributed by atoms with Gasteiger partial charge in [0, 0.05) is 51.9 Å². The lowest BCUT2D eigenvalue weighted by molar-refractivity contribution is 0.0626. The molecule has 2 N–H and O–H groups in total. The van der Waals surface area contributed by atoms with Crippen LogP contribution in [0.1, 0.15) is 20.3 Å². The van der Waals surface area contributed by atoms with E-state index in [0.29, 0.717) is 12.6 Å². The lowest BCUT2D eigenvalue weighted by atomic mass is 9.90. The van der Waals surface area contributed by atoms with Gasteiger partial charge >= 0.3 is 0 Å². The molecule has 2 atom stereocenters. The Bertz CT molecular complexity index is 277. The Morgan fingerprint density at radius 3 is 2.38 bits per heavy atom. The highest BCUT2D eigenvalue weighted by molar-refractivity contribution is 4.88. The van der Waals surface area contributed by atoms with Crippen molar-refractivity contribution >= 4 is 0 Å². The molecule has 5 heteroatoms. The van der Waals surface area contributed by atoms with Crippen LogP contribution in [0.4, 0.5) is 0 Å². The van der Waals surface area contributed by atoms with Crippen LogP contribution in [0.25, 0.3) is 0 Å². The van der Waals surface area contributed by atoms with E-state index in [-0.39, 0.29) is 0 Å². The molecule has 0 aromatic carbocycles. The van der Waals surface area contributed by atoms with Crippen molar-refractivity contribution in [3.8, 4) is 0 Å². The second kappa shape index (κ2) is 9.06. The highest BCUT2D eigenvalue weighted by atomic mass is 16.3. The summed E-state index contributed by atoms with van der Waals surface area (Å²) in [6.45, 7) is 16.1. The lowest BCUT2D eigenvalue weighted by Crippen LogP contribution is -2.56. The summed E-state index contributed by atoms with van der Waals surface area (Å²) in [5.74, 6) is 0.801. The molecule has 2 aliphatic heterocycles. The number of aliphatic hydroxyl groups excluding tert-OH is 1. The van der Waals surface area contributed by atoms with Gasteiger partial charge in [0.2, 0.25) is 0 Å². The predicted octanol–water partition coefficient (Wildman–Crippen LogP) is -0.0838. The third-order valence-corrected chi connectivity index (χ3v) is 5.24. The third-order valence-electron chi connectivity index (χ3n) is 5.24. The smallest absolute Gasteiger partial charge is 0.0558 e. The Balaban J connectivity index is 1.82. The molecule has 2 fully saturated rings. The molecule has 2 aliphatic rings. The van der Waals surface area contributed by atoms with Crippen molar-refractivity contribution in [2.75, 3.05) is 72.1 Å². The molecule has 0 radical (unpaired) electrons. The maximum absolute atomic E-state index is 9.03. The number of nitrogens with zero attached hydrogens (tertiary/aromatic N) is 3. The summed E-state index contributed by atoms with van der Waals surface area (Å²) in [4.78, 5) is 7.64. The number of piperazine rings is 1. The predicted molar refractivity (Wildman–Crippen MR) is 87.7 cm³/mol. The molecule has 2 unspecified atom stereocenters. The SMILES string of the molecule is CCN(CC)C1CNCCC1CN1CCN(CCO)CC1. The van der Waals surface area contributed by atoms with Gasteiger partial charge in [-0.3, -0.25) is 9.80 Å². The zero-order chi connectivity index (χ0) is 15.1. The number of hydrogen-bond donors (Lipinski definition) is 2. The van der Waals surface area contributed by atoms with E-state index in [4.69, 9.17) is 5.11 Å². The van der Waals surface area contributed by atoms with Crippen molar-refractivity contribution in [1.82, 2.24) is 20.0 Å². The first kappa shape index (κ1) is 17.2. The van der Waals surface area contributed by atoms with Crippen LogP contribution in [0.2, 0.25) is 0 Å². The Morgan fingerprint density at radius 1 is 1.10 bits per heavy atom. The summed E-state index contributed by atoms with van der Waals surface area (Å²) >= 11 is 0. The zero-order valence-electron chi connectivity index (χ0n) is 13.9. The molecule has 2 heterocycles. The van der Waals surface area contributed by atoms with E-state index >= 15 is 0 Å². The Hall–Kier alpha value is -0.200. The molecular formula is C16H34N4O. The largest absolute Gasteiger partial charge is 0.395 e. The first-order chi connectivity index (χ1) is 10.3. The highest BCUT2D eigenvalue weighted by Gasteiger charge is 2.30. The third kappa shape index (κ3) is 4.89. The number of β-amino-alcohol motifs (C(OH)–C–C–N with tert-alkyl or cyclic N) is 1. The molecule has 124 valence electrons. The van der Waals surface area contributed by atoms with Gasteiger partial charge in [-0.05, 0) is 32.0 Å². The number of hydrogen-bond acceptors (Lipinski definition) is 5. The molecule has 5 nitrogen and oxygen atoms in total. The minimum Gasteiger partial charge on any atom is -0.395 e. The van der Waals surface area contributed by atoms with Gasteiger partial charge in [-0.1, -0.05) is 13.8 Å². The van der Waals surface area contributed by atoms with Crippen molar-refractivity contribution < 1.29 is 5.11 Å². The van der Waals surface area contributed by atoms with Gasteiger partial charge < -0.3 is 15.3 Å².